The van der Waals surface area contributed by atoms with Crippen molar-refractivity contribution in [1.82, 2.24) is 10.6 Å². The van der Waals surface area contributed by atoms with Gasteiger partial charge in [0.15, 0.2) is 0 Å². The highest BCUT2D eigenvalue weighted by atomic mass is 16.5. The highest BCUT2D eigenvalue weighted by Gasteiger charge is 2.24. The number of carbonyl (C=O) groups excluding carboxylic acids is 1. The highest BCUT2D eigenvalue weighted by Crippen LogP contribution is 2.12. The van der Waals surface area contributed by atoms with Gasteiger partial charge in [0, 0.05) is 12.6 Å². The third-order valence-corrected chi connectivity index (χ3v) is 3.36. The van der Waals surface area contributed by atoms with Gasteiger partial charge in [0.25, 0.3) is 0 Å². The van der Waals surface area contributed by atoms with Crippen LogP contribution >= 0.6 is 0 Å². The molecular weight excluding hydrogens is 204 g/mol. The van der Waals surface area contributed by atoms with Crippen LogP contribution in [-0.4, -0.2) is 37.7 Å². The van der Waals surface area contributed by atoms with Crippen LogP contribution in [0, 0.1) is 5.92 Å². The number of hydrogen-bond acceptors (Lipinski definition) is 3. The Hall–Kier alpha value is -0.610. The van der Waals surface area contributed by atoms with E-state index in [2.05, 4.69) is 31.4 Å². The second kappa shape index (κ2) is 6.86. The van der Waals surface area contributed by atoms with E-state index in [-0.39, 0.29) is 18.0 Å². The van der Waals surface area contributed by atoms with Gasteiger partial charge in [-0.05, 0) is 12.8 Å². The molecule has 0 aromatic carbocycles. The molecule has 1 aliphatic heterocycles. The summed E-state index contributed by atoms with van der Waals surface area (Å²) in [5, 5.41) is 6.23. The Labute approximate surface area is 98.1 Å². The van der Waals surface area contributed by atoms with Gasteiger partial charge in [-0.25, -0.2) is 0 Å². The molecular formula is C12H24N2O2. The molecule has 2 unspecified atom stereocenters. The number of morpholine rings is 1. The molecule has 94 valence electrons. The Morgan fingerprint density at radius 3 is 2.69 bits per heavy atom. The molecule has 4 heteroatoms. The summed E-state index contributed by atoms with van der Waals surface area (Å²) in [6.45, 7) is 8.36. The lowest BCUT2D eigenvalue weighted by atomic mass is 9.95. The largest absolute Gasteiger partial charge is 0.378 e. The lowest BCUT2D eigenvalue weighted by Gasteiger charge is -2.27. The van der Waals surface area contributed by atoms with Crippen LogP contribution in [0.5, 0.6) is 0 Å². The lowest BCUT2D eigenvalue weighted by Crippen LogP contribution is -2.53. The molecule has 0 spiro atoms. The zero-order valence-electron chi connectivity index (χ0n) is 10.6. The second-order valence-electron chi connectivity index (χ2n) is 4.46. The van der Waals surface area contributed by atoms with Crippen molar-refractivity contribution < 1.29 is 9.53 Å². The third kappa shape index (κ3) is 3.76. The SMILES string of the molecule is CCC(CC)C(C)NC(=O)C1COCCN1. The van der Waals surface area contributed by atoms with Crippen LogP contribution in [0.15, 0.2) is 0 Å². The fourth-order valence-corrected chi connectivity index (χ4v) is 2.17. The van der Waals surface area contributed by atoms with Crippen molar-refractivity contribution in [3.8, 4) is 0 Å². The number of amides is 1. The number of ether oxygens (including phenoxy) is 1. The van der Waals surface area contributed by atoms with Gasteiger partial charge in [-0.3, -0.25) is 4.79 Å². The maximum Gasteiger partial charge on any atom is 0.239 e. The van der Waals surface area contributed by atoms with E-state index in [4.69, 9.17) is 4.74 Å². The minimum Gasteiger partial charge on any atom is -0.378 e. The van der Waals surface area contributed by atoms with E-state index in [1.807, 2.05) is 0 Å². The Morgan fingerprint density at radius 1 is 1.50 bits per heavy atom. The molecule has 2 N–H and O–H groups in total. The number of rotatable bonds is 5. The number of carbonyl (C=O) groups is 1. The Bertz CT molecular complexity index is 211. The summed E-state index contributed by atoms with van der Waals surface area (Å²) < 4.78 is 5.27. The zero-order chi connectivity index (χ0) is 12.0. The standard InChI is InChI=1S/C12H24N2O2/c1-4-10(5-2)9(3)14-12(15)11-8-16-7-6-13-11/h9-11,13H,4-8H2,1-3H3,(H,14,15). The van der Waals surface area contributed by atoms with Crippen LogP contribution in [-0.2, 0) is 9.53 Å². The molecule has 1 fully saturated rings. The van der Waals surface area contributed by atoms with E-state index >= 15 is 0 Å². The summed E-state index contributed by atoms with van der Waals surface area (Å²) in [5.74, 6) is 0.632. The molecule has 0 aromatic rings. The number of nitrogens with one attached hydrogen (secondary N) is 2. The minimum absolute atomic E-state index is 0.0686. The summed E-state index contributed by atoms with van der Waals surface area (Å²) in [6.07, 6.45) is 2.21. The molecule has 1 amide bonds. The van der Waals surface area contributed by atoms with E-state index in [0.717, 1.165) is 19.4 Å². The van der Waals surface area contributed by atoms with Crippen molar-refractivity contribution in [2.75, 3.05) is 19.8 Å². The Balaban J connectivity index is 2.37. The first-order chi connectivity index (χ1) is 7.69. The average Bonchev–Trinajstić information content (AvgIpc) is 2.31. The van der Waals surface area contributed by atoms with Gasteiger partial charge in [0.1, 0.15) is 6.04 Å². The smallest absolute Gasteiger partial charge is 0.239 e. The van der Waals surface area contributed by atoms with Crippen LogP contribution in [0.3, 0.4) is 0 Å². The Kier molecular flexibility index (Phi) is 5.77. The molecule has 0 aromatic heterocycles. The van der Waals surface area contributed by atoms with E-state index in [9.17, 15) is 4.79 Å². The van der Waals surface area contributed by atoms with Gasteiger partial charge >= 0.3 is 0 Å². The second-order valence-corrected chi connectivity index (χ2v) is 4.46. The van der Waals surface area contributed by atoms with Gasteiger partial charge in [0.2, 0.25) is 5.91 Å². The fraction of sp³-hybridized carbons (Fsp3) is 0.917. The maximum atomic E-state index is 11.9. The van der Waals surface area contributed by atoms with Gasteiger partial charge in [0.05, 0.1) is 13.2 Å². The molecule has 16 heavy (non-hydrogen) atoms. The summed E-state index contributed by atoms with van der Waals surface area (Å²) in [5.41, 5.74) is 0. The van der Waals surface area contributed by atoms with E-state index < -0.39 is 0 Å². The Morgan fingerprint density at radius 2 is 2.19 bits per heavy atom. The summed E-state index contributed by atoms with van der Waals surface area (Å²) >= 11 is 0. The molecule has 0 aliphatic carbocycles. The third-order valence-electron chi connectivity index (χ3n) is 3.36. The van der Waals surface area contributed by atoms with Gasteiger partial charge in [-0.2, -0.15) is 0 Å². The normalized spacial score (nSPS) is 23.1. The summed E-state index contributed by atoms with van der Waals surface area (Å²) in [7, 11) is 0. The molecule has 1 saturated heterocycles. The number of hydrogen-bond donors (Lipinski definition) is 2. The van der Waals surface area contributed by atoms with Crippen molar-refractivity contribution in [3.63, 3.8) is 0 Å². The van der Waals surface area contributed by atoms with Gasteiger partial charge < -0.3 is 15.4 Å². The molecule has 0 saturated carbocycles. The van der Waals surface area contributed by atoms with Crippen LogP contribution in [0.1, 0.15) is 33.6 Å². The first-order valence-electron chi connectivity index (χ1n) is 6.30. The average molecular weight is 228 g/mol. The molecule has 0 radical (unpaired) electrons. The van der Waals surface area contributed by atoms with Crippen molar-refractivity contribution >= 4 is 5.91 Å². The predicted molar refractivity (Wildman–Crippen MR) is 64.3 cm³/mol. The van der Waals surface area contributed by atoms with Crippen LogP contribution in [0.25, 0.3) is 0 Å². The highest BCUT2D eigenvalue weighted by molar-refractivity contribution is 5.82. The topological polar surface area (TPSA) is 50.4 Å². The van der Waals surface area contributed by atoms with Crippen molar-refractivity contribution in [2.24, 2.45) is 5.92 Å². The fourth-order valence-electron chi connectivity index (χ4n) is 2.17. The minimum atomic E-state index is -0.175. The van der Waals surface area contributed by atoms with E-state index in [1.165, 1.54) is 0 Å². The molecule has 1 rings (SSSR count). The van der Waals surface area contributed by atoms with Crippen molar-refractivity contribution in [1.29, 1.82) is 0 Å². The van der Waals surface area contributed by atoms with Crippen LogP contribution in [0.2, 0.25) is 0 Å². The predicted octanol–water partition coefficient (Wildman–Crippen LogP) is 0.916. The molecule has 2 atom stereocenters. The van der Waals surface area contributed by atoms with Gasteiger partial charge in [-0.15, -0.1) is 0 Å². The van der Waals surface area contributed by atoms with E-state index in [0.29, 0.717) is 19.1 Å². The van der Waals surface area contributed by atoms with Crippen LogP contribution < -0.4 is 10.6 Å². The van der Waals surface area contributed by atoms with Gasteiger partial charge in [-0.1, -0.05) is 26.7 Å². The molecule has 4 nitrogen and oxygen atoms in total. The summed E-state index contributed by atoms with van der Waals surface area (Å²) in [4.78, 5) is 11.9. The monoisotopic (exact) mass is 228 g/mol. The molecule has 1 heterocycles. The maximum absolute atomic E-state index is 11.9. The lowest BCUT2D eigenvalue weighted by molar-refractivity contribution is -0.126. The first kappa shape index (κ1) is 13.5. The zero-order valence-corrected chi connectivity index (χ0v) is 10.6. The summed E-state index contributed by atoms with van der Waals surface area (Å²) in [6, 6.07) is 0.0665. The first-order valence-corrected chi connectivity index (χ1v) is 6.30. The van der Waals surface area contributed by atoms with Crippen molar-refractivity contribution in [2.45, 2.75) is 45.7 Å². The van der Waals surface area contributed by atoms with Crippen LogP contribution in [0.4, 0.5) is 0 Å². The van der Waals surface area contributed by atoms with Crippen molar-refractivity contribution in [3.05, 3.63) is 0 Å². The van der Waals surface area contributed by atoms with E-state index in [1.54, 1.807) is 0 Å². The quantitative estimate of drug-likeness (QED) is 0.735. The molecule has 0 bridgehead atoms. The molecule has 1 aliphatic rings.